The van der Waals surface area contributed by atoms with Gasteiger partial charge in [-0.05, 0) is 24.4 Å². The molecule has 0 saturated heterocycles. The van der Waals surface area contributed by atoms with Gasteiger partial charge >= 0.3 is 0 Å². The second-order valence-corrected chi connectivity index (χ2v) is 2.36. The molecular formula is C9H9N2. The lowest BCUT2D eigenvalue weighted by Crippen LogP contribution is -1.92. The Morgan fingerprint density at radius 2 is 1.64 bits per heavy atom. The Bertz CT molecular complexity index is 279. The Morgan fingerprint density at radius 1 is 0.909 bits per heavy atom. The van der Waals surface area contributed by atoms with Gasteiger partial charge in [-0.3, -0.25) is 0 Å². The van der Waals surface area contributed by atoms with E-state index in [9.17, 15) is 0 Å². The van der Waals surface area contributed by atoms with E-state index in [1.165, 1.54) is 0 Å². The lowest BCUT2D eigenvalue weighted by atomic mass is 10.2. The third-order valence-corrected chi connectivity index (χ3v) is 1.60. The molecule has 0 spiro atoms. The van der Waals surface area contributed by atoms with Crippen molar-refractivity contribution in [2.45, 2.75) is 0 Å². The molecular weight excluding hydrogens is 136 g/mol. The number of fused-ring (bicyclic) bond motifs is 1. The molecule has 0 aromatic heterocycles. The molecule has 0 fully saturated rings. The van der Waals surface area contributed by atoms with E-state index >= 15 is 0 Å². The molecule has 1 aliphatic heterocycles. The molecule has 2 heteroatoms. The Morgan fingerprint density at radius 3 is 2.45 bits per heavy atom. The van der Waals surface area contributed by atoms with Gasteiger partial charge in [0.15, 0.2) is 0 Å². The first-order valence-corrected chi connectivity index (χ1v) is 3.57. The van der Waals surface area contributed by atoms with Crippen LogP contribution in [-0.4, -0.2) is 0 Å². The molecule has 1 aliphatic rings. The summed E-state index contributed by atoms with van der Waals surface area (Å²) in [6.07, 6.45) is 3.83. The molecule has 0 saturated carbocycles. The molecule has 0 aliphatic carbocycles. The number of rotatable bonds is 0. The van der Waals surface area contributed by atoms with Crippen molar-refractivity contribution in [2.24, 2.45) is 0 Å². The summed E-state index contributed by atoms with van der Waals surface area (Å²) in [5, 5.41) is 6.30. The minimum atomic E-state index is 1.11. The summed E-state index contributed by atoms with van der Waals surface area (Å²) < 4.78 is 0. The Kier molecular flexibility index (Phi) is 1.52. The number of benzene rings is 1. The Hall–Kier alpha value is -1.44. The SMILES string of the molecule is [CH]1C=CNc2ccccc2N1. The molecule has 0 amide bonds. The summed E-state index contributed by atoms with van der Waals surface area (Å²) in [6, 6.07) is 8.08. The quantitative estimate of drug-likeness (QED) is 0.584. The Balaban J connectivity index is 2.40. The van der Waals surface area contributed by atoms with Crippen molar-refractivity contribution >= 4 is 11.4 Å². The van der Waals surface area contributed by atoms with E-state index < -0.39 is 0 Å². The van der Waals surface area contributed by atoms with E-state index in [-0.39, 0.29) is 0 Å². The molecule has 11 heavy (non-hydrogen) atoms. The van der Waals surface area contributed by atoms with E-state index in [1.807, 2.05) is 43.1 Å². The van der Waals surface area contributed by atoms with Gasteiger partial charge in [-0.1, -0.05) is 12.1 Å². The summed E-state index contributed by atoms with van der Waals surface area (Å²) in [4.78, 5) is 0. The van der Waals surface area contributed by atoms with Crippen LogP contribution in [0.1, 0.15) is 0 Å². The van der Waals surface area contributed by atoms with Crippen molar-refractivity contribution in [3.05, 3.63) is 43.1 Å². The average molecular weight is 145 g/mol. The summed E-state index contributed by atoms with van der Waals surface area (Å²) in [7, 11) is 0. The fourth-order valence-corrected chi connectivity index (χ4v) is 1.06. The zero-order valence-electron chi connectivity index (χ0n) is 6.04. The highest BCUT2D eigenvalue weighted by atomic mass is 15.0. The molecule has 1 aromatic rings. The largest absolute Gasteiger partial charge is 0.375 e. The van der Waals surface area contributed by atoms with Gasteiger partial charge in [-0.15, -0.1) is 0 Å². The standard InChI is InChI=1S/C9H9N2/c1-2-5-9-8(4-1)10-6-3-7-11-9/h1-7,10-11H. The van der Waals surface area contributed by atoms with Crippen LogP contribution in [0.15, 0.2) is 36.5 Å². The van der Waals surface area contributed by atoms with Gasteiger partial charge in [-0.25, -0.2) is 0 Å². The van der Waals surface area contributed by atoms with E-state index in [0.717, 1.165) is 11.4 Å². The smallest absolute Gasteiger partial charge is 0.0700 e. The average Bonchev–Trinajstić information content (AvgIpc) is 2.28. The molecule has 2 rings (SSSR count). The van der Waals surface area contributed by atoms with Gasteiger partial charge in [0.2, 0.25) is 0 Å². The van der Waals surface area contributed by atoms with Crippen LogP contribution in [-0.2, 0) is 0 Å². The van der Waals surface area contributed by atoms with Gasteiger partial charge in [0, 0.05) is 0 Å². The molecule has 0 atom stereocenters. The summed E-state index contributed by atoms with van der Waals surface area (Å²) in [6.45, 7) is 1.90. The van der Waals surface area contributed by atoms with Gasteiger partial charge in [0.25, 0.3) is 0 Å². The maximum atomic E-state index is 3.15. The first kappa shape index (κ1) is 6.28. The number of hydrogen-bond donors (Lipinski definition) is 2. The highest BCUT2D eigenvalue weighted by Gasteiger charge is 1.99. The third-order valence-electron chi connectivity index (χ3n) is 1.60. The van der Waals surface area contributed by atoms with Crippen molar-refractivity contribution in [3.63, 3.8) is 0 Å². The molecule has 1 heterocycles. The predicted molar refractivity (Wildman–Crippen MR) is 47.1 cm³/mol. The monoisotopic (exact) mass is 145 g/mol. The topological polar surface area (TPSA) is 24.1 Å². The fourth-order valence-electron chi connectivity index (χ4n) is 1.06. The van der Waals surface area contributed by atoms with Gasteiger partial charge in [0.05, 0.1) is 17.9 Å². The van der Waals surface area contributed by atoms with Crippen molar-refractivity contribution in [1.82, 2.24) is 0 Å². The van der Waals surface area contributed by atoms with E-state index in [2.05, 4.69) is 10.6 Å². The third kappa shape index (κ3) is 1.19. The van der Waals surface area contributed by atoms with Gasteiger partial charge < -0.3 is 10.6 Å². The van der Waals surface area contributed by atoms with E-state index in [0.29, 0.717) is 0 Å². The normalized spacial score (nSPS) is 14.2. The predicted octanol–water partition coefficient (Wildman–Crippen LogP) is 2.20. The van der Waals surface area contributed by atoms with Crippen LogP contribution in [0, 0.1) is 6.54 Å². The highest BCUT2D eigenvalue weighted by Crippen LogP contribution is 2.22. The highest BCUT2D eigenvalue weighted by molar-refractivity contribution is 5.71. The number of hydrogen-bond acceptors (Lipinski definition) is 2. The van der Waals surface area contributed by atoms with Crippen molar-refractivity contribution in [2.75, 3.05) is 10.6 Å². The zero-order chi connectivity index (χ0) is 7.52. The maximum absolute atomic E-state index is 3.15. The van der Waals surface area contributed by atoms with E-state index in [4.69, 9.17) is 0 Å². The van der Waals surface area contributed by atoms with Crippen LogP contribution in [0.4, 0.5) is 11.4 Å². The Labute approximate surface area is 65.9 Å². The minimum Gasteiger partial charge on any atom is -0.375 e. The second kappa shape index (κ2) is 2.66. The van der Waals surface area contributed by atoms with Crippen LogP contribution in [0.3, 0.4) is 0 Å². The molecule has 1 radical (unpaired) electrons. The first-order chi connectivity index (χ1) is 5.47. The summed E-state index contributed by atoms with van der Waals surface area (Å²) >= 11 is 0. The van der Waals surface area contributed by atoms with Crippen molar-refractivity contribution in [1.29, 1.82) is 0 Å². The molecule has 55 valence electrons. The number of anilines is 2. The van der Waals surface area contributed by atoms with Crippen LogP contribution < -0.4 is 10.6 Å². The second-order valence-electron chi connectivity index (χ2n) is 2.36. The van der Waals surface area contributed by atoms with Crippen LogP contribution in [0.2, 0.25) is 0 Å². The fraction of sp³-hybridized carbons (Fsp3) is 0. The molecule has 0 bridgehead atoms. The number of nitrogens with one attached hydrogen (secondary N) is 2. The van der Waals surface area contributed by atoms with Gasteiger partial charge in [-0.2, -0.15) is 0 Å². The summed E-state index contributed by atoms with van der Waals surface area (Å²) in [5.74, 6) is 0. The number of para-hydroxylation sites is 2. The lowest BCUT2D eigenvalue weighted by molar-refractivity contribution is 1.52. The van der Waals surface area contributed by atoms with Crippen molar-refractivity contribution < 1.29 is 0 Å². The van der Waals surface area contributed by atoms with Crippen LogP contribution >= 0.6 is 0 Å². The van der Waals surface area contributed by atoms with Crippen molar-refractivity contribution in [3.8, 4) is 0 Å². The van der Waals surface area contributed by atoms with Gasteiger partial charge in [0.1, 0.15) is 0 Å². The molecule has 1 aromatic carbocycles. The molecule has 0 unspecified atom stereocenters. The lowest BCUT2D eigenvalue weighted by Gasteiger charge is -2.05. The summed E-state index contributed by atoms with van der Waals surface area (Å²) in [5.41, 5.74) is 2.22. The van der Waals surface area contributed by atoms with E-state index in [1.54, 1.807) is 0 Å². The molecule has 2 N–H and O–H groups in total. The van der Waals surface area contributed by atoms with Crippen LogP contribution in [0.5, 0.6) is 0 Å². The first-order valence-electron chi connectivity index (χ1n) is 3.57. The molecule has 2 nitrogen and oxygen atoms in total. The van der Waals surface area contributed by atoms with Crippen LogP contribution in [0.25, 0.3) is 0 Å². The maximum Gasteiger partial charge on any atom is 0.0700 e. The minimum absolute atomic E-state index is 1.11. The zero-order valence-corrected chi connectivity index (χ0v) is 6.04.